The number of rotatable bonds is 2. The fraction of sp³-hybridized carbons (Fsp3) is 0.619. The molecule has 3 atom stereocenters. The maximum atomic E-state index is 2.80. The molecular weight excluding hydrogens is 667 g/mol. The molecule has 0 nitrogen and oxygen atoms in total. The molecule has 0 amide bonds. The van der Waals surface area contributed by atoms with Gasteiger partial charge in [-0.1, -0.05) is 142 Å². The summed E-state index contributed by atoms with van der Waals surface area (Å²) in [5.41, 5.74) is 15.5. The van der Waals surface area contributed by atoms with Crippen molar-refractivity contribution in [3.05, 3.63) is 81.4 Å². The van der Waals surface area contributed by atoms with Crippen LogP contribution in [0.15, 0.2) is 59.2 Å². The molecule has 2 fully saturated rings. The SMILES string of the molecule is CC(C)(C)C1=CC2=C(C1)C1CCCC1C2(C1CCCCC1)C1c2ccc(C(C)(C)C)cc2-c2cc(C(C)(C)C)ccc21.[Cl-].[Cl-].[Zr+2]. The van der Waals surface area contributed by atoms with Gasteiger partial charge in [0, 0.05) is 11.3 Å². The summed E-state index contributed by atoms with van der Waals surface area (Å²) in [7, 11) is 0. The predicted molar refractivity (Wildman–Crippen MR) is 180 cm³/mol. The molecule has 2 aromatic rings. The minimum Gasteiger partial charge on any atom is -1.00 e. The number of hydrogen-bond acceptors (Lipinski definition) is 0. The van der Waals surface area contributed by atoms with E-state index in [1.807, 2.05) is 11.1 Å². The van der Waals surface area contributed by atoms with Crippen molar-refractivity contribution >= 4 is 0 Å². The Kier molecular flexibility index (Phi) is 10.5. The van der Waals surface area contributed by atoms with Crippen LogP contribution >= 0.6 is 0 Å². The summed E-state index contributed by atoms with van der Waals surface area (Å²) >= 11 is 0. The van der Waals surface area contributed by atoms with E-state index in [0.29, 0.717) is 5.92 Å². The smallest absolute Gasteiger partial charge is 1.00 e. The van der Waals surface area contributed by atoms with Gasteiger partial charge in [-0.15, -0.1) is 0 Å². The van der Waals surface area contributed by atoms with Crippen LogP contribution in [-0.4, -0.2) is 0 Å². The zero-order chi connectivity index (χ0) is 29.8. The zero-order valence-corrected chi connectivity index (χ0v) is 33.4. The van der Waals surface area contributed by atoms with E-state index in [9.17, 15) is 0 Å². The van der Waals surface area contributed by atoms with Crippen LogP contribution in [-0.2, 0) is 37.0 Å². The zero-order valence-electron chi connectivity index (χ0n) is 29.5. The van der Waals surface area contributed by atoms with Crippen LogP contribution in [0.25, 0.3) is 11.1 Å². The minimum atomic E-state index is 0. The van der Waals surface area contributed by atoms with Gasteiger partial charge in [0.1, 0.15) is 0 Å². The molecule has 0 N–H and O–H groups in total. The molecule has 5 aliphatic rings. The van der Waals surface area contributed by atoms with Crippen molar-refractivity contribution in [3.8, 4) is 11.1 Å². The molecule has 0 bridgehead atoms. The van der Waals surface area contributed by atoms with E-state index in [0.717, 1.165) is 17.8 Å². The summed E-state index contributed by atoms with van der Waals surface area (Å²) in [6.45, 7) is 21.7. The molecule has 7 rings (SSSR count). The number of hydrogen-bond donors (Lipinski definition) is 0. The molecule has 0 spiro atoms. The van der Waals surface area contributed by atoms with E-state index >= 15 is 0 Å². The van der Waals surface area contributed by atoms with Gasteiger partial charge in [-0.25, -0.2) is 0 Å². The van der Waals surface area contributed by atoms with E-state index in [4.69, 9.17) is 0 Å². The quantitative estimate of drug-likeness (QED) is 0.354. The first kappa shape index (κ1) is 37.2. The summed E-state index contributed by atoms with van der Waals surface area (Å²) in [5, 5.41) is 0. The van der Waals surface area contributed by atoms with Crippen LogP contribution in [0.2, 0.25) is 0 Å². The van der Waals surface area contributed by atoms with E-state index in [1.54, 1.807) is 27.8 Å². The third kappa shape index (κ3) is 5.78. The molecule has 2 aromatic carbocycles. The molecule has 3 unspecified atom stereocenters. The number of allylic oxidation sites excluding steroid dienone is 4. The Morgan fingerprint density at radius 3 is 1.64 bits per heavy atom. The third-order valence-electron chi connectivity index (χ3n) is 12.6. The molecule has 45 heavy (non-hydrogen) atoms. The number of benzene rings is 2. The first-order chi connectivity index (χ1) is 19.7. The molecular formula is C42H56Cl2Zr. The maximum absolute atomic E-state index is 2.80. The van der Waals surface area contributed by atoms with Crippen molar-refractivity contribution in [2.45, 2.75) is 137 Å². The normalized spacial score (nSPS) is 26.3. The summed E-state index contributed by atoms with van der Waals surface area (Å²) < 4.78 is 0. The van der Waals surface area contributed by atoms with Gasteiger partial charge in [0.15, 0.2) is 0 Å². The van der Waals surface area contributed by atoms with Gasteiger partial charge in [-0.2, -0.15) is 0 Å². The van der Waals surface area contributed by atoms with Gasteiger partial charge in [-0.3, -0.25) is 0 Å². The fourth-order valence-corrected chi connectivity index (χ4v) is 10.4. The van der Waals surface area contributed by atoms with Crippen LogP contribution in [0.4, 0.5) is 0 Å². The van der Waals surface area contributed by atoms with Crippen molar-refractivity contribution in [2.24, 2.45) is 28.6 Å². The topological polar surface area (TPSA) is 0 Å². The predicted octanol–water partition coefficient (Wildman–Crippen LogP) is 6.07. The Morgan fingerprint density at radius 2 is 1.16 bits per heavy atom. The Labute approximate surface area is 307 Å². The van der Waals surface area contributed by atoms with E-state index in [2.05, 4.69) is 105 Å². The molecule has 5 aliphatic carbocycles. The van der Waals surface area contributed by atoms with Crippen molar-refractivity contribution < 1.29 is 51.0 Å². The molecule has 0 saturated heterocycles. The molecule has 0 heterocycles. The number of fused-ring (bicyclic) bond motifs is 5. The average molecular weight is 723 g/mol. The monoisotopic (exact) mass is 720 g/mol. The van der Waals surface area contributed by atoms with E-state index in [-0.39, 0.29) is 72.7 Å². The molecule has 242 valence electrons. The van der Waals surface area contributed by atoms with E-state index < -0.39 is 0 Å². The molecule has 0 radical (unpaired) electrons. The van der Waals surface area contributed by atoms with Crippen molar-refractivity contribution in [3.63, 3.8) is 0 Å². The fourth-order valence-electron chi connectivity index (χ4n) is 10.4. The summed E-state index contributed by atoms with van der Waals surface area (Å²) in [4.78, 5) is 0. The largest absolute Gasteiger partial charge is 2.00 e. The second-order valence-corrected chi connectivity index (χ2v) is 18.0. The average Bonchev–Trinajstić information content (AvgIpc) is 3.68. The van der Waals surface area contributed by atoms with Gasteiger partial charge in [0.25, 0.3) is 0 Å². The van der Waals surface area contributed by atoms with E-state index in [1.165, 1.54) is 68.9 Å². The number of halogens is 2. The van der Waals surface area contributed by atoms with Gasteiger partial charge in [-0.05, 0) is 105 Å². The van der Waals surface area contributed by atoms with Crippen LogP contribution in [0.5, 0.6) is 0 Å². The Morgan fingerprint density at radius 1 is 0.622 bits per heavy atom. The first-order valence-corrected chi connectivity index (χ1v) is 17.5. The van der Waals surface area contributed by atoms with Gasteiger partial charge >= 0.3 is 26.2 Å². The first-order valence-electron chi connectivity index (χ1n) is 17.5. The molecule has 0 aromatic heterocycles. The summed E-state index contributed by atoms with van der Waals surface area (Å²) in [6, 6.07) is 15.4. The standard InChI is InChI=1S/C42H56.2ClH.Zr/c1-39(2,3)27-18-20-31-33(22-27)34-23-28(40(4,5)6)19-21-32(34)38(31)42(26-14-11-10-12-15-26)36-17-13-16-30(36)35-24-29(25-37(35)42)41(7,8)9;;;/h18-23,25-26,30,36,38H,10-17,24H2,1-9H3;2*1H;/q;;;+2/p-2. The molecule has 2 saturated carbocycles. The summed E-state index contributed by atoms with van der Waals surface area (Å²) in [6.07, 6.45) is 15.4. The molecule has 3 heteroatoms. The van der Waals surface area contributed by atoms with Crippen LogP contribution in [0, 0.1) is 28.6 Å². The van der Waals surface area contributed by atoms with Crippen LogP contribution < -0.4 is 24.8 Å². The van der Waals surface area contributed by atoms with Gasteiger partial charge < -0.3 is 24.8 Å². The van der Waals surface area contributed by atoms with Crippen molar-refractivity contribution in [1.82, 2.24) is 0 Å². The minimum absolute atomic E-state index is 0. The van der Waals surface area contributed by atoms with Gasteiger partial charge in [0.2, 0.25) is 0 Å². The molecule has 0 aliphatic heterocycles. The van der Waals surface area contributed by atoms with Gasteiger partial charge in [0.05, 0.1) is 0 Å². The third-order valence-corrected chi connectivity index (χ3v) is 12.6. The van der Waals surface area contributed by atoms with Crippen LogP contribution in [0.3, 0.4) is 0 Å². The maximum Gasteiger partial charge on any atom is 2.00 e. The summed E-state index contributed by atoms with van der Waals surface area (Å²) in [5.74, 6) is 2.86. The van der Waals surface area contributed by atoms with Crippen LogP contribution in [0.1, 0.15) is 148 Å². The second kappa shape index (κ2) is 12.7. The second-order valence-electron chi connectivity index (χ2n) is 18.0. The Balaban J connectivity index is 0.00000154. The van der Waals surface area contributed by atoms with Crippen molar-refractivity contribution in [1.29, 1.82) is 0 Å². The van der Waals surface area contributed by atoms with Crippen molar-refractivity contribution in [2.75, 3.05) is 0 Å². The Bertz CT molecular complexity index is 1420. The Hall–Kier alpha value is -0.617.